The number of rotatable bonds is 3. The van der Waals surface area contributed by atoms with Crippen molar-refractivity contribution in [2.75, 3.05) is 18.0 Å². The average molecular weight is 366 g/mol. The van der Waals surface area contributed by atoms with Crippen LogP contribution in [0.25, 0.3) is 22.5 Å². The zero-order chi connectivity index (χ0) is 19.0. The Labute approximate surface area is 157 Å². The molecule has 140 valence electrons. The summed E-state index contributed by atoms with van der Waals surface area (Å²) < 4.78 is 5.36. The van der Waals surface area contributed by atoms with Gasteiger partial charge in [0.05, 0.1) is 34.9 Å². The molecule has 27 heavy (non-hydrogen) atoms. The lowest BCUT2D eigenvalue weighted by molar-refractivity contribution is 0.0966. The average Bonchev–Trinajstić information content (AvgIpc) is 3.02. The Morgan fingerprint density at radius 2 is 2.04 bits per heavy atom. The number of anilines is 1. The summed E-state index contributed by atoms with van der Waals surface area (Å²) >= 11 is 0. The molecule has 0 radical (unpaired) electrons. The third kappa shape index (κ3) is 3.28. The van der Waals surface area contributed by atoms with Gasteiger partial charge in [-0.2, -0.15) is 0 Å². The van der Waals surface area contributed by atoms with Crippen molar-refractivity contribution < 1.29 is 9.63 Å². The van der Waals surface area contributed by atoms with Gasteiger partial charge in [0.2, 0.25) is 5.95 Å². The highest BCUT2D eigenvalue weighted by atomic mass is 16.5. The second-order valence-corrected chi connectivity index (χ2v) is 7.00. The van der Waals surface area contributed by atoms with Crippen molar-refractivity contribution >= 4 is 5.95 Å². The fourth-order valence-corrected chi connectivity index (χ4v) is 3.48. The van der Waals surface area contributed by atoms with E-state index in [1.54, 1.807) is 24.8 Å². The third-order valence-electron chi connectivity index (χ3n) is 5.03. The Morgan fingerprint density at radius 3 is 2.70 bits per heavy atom. The van der Waals surface area contributed by atoms with Crippen LogP contribution >= 0.6 is 0 Å². The summed E-state index contributed by atoms with van der Waals surface area (Å²) in [5.74, 6) is 1.51. The second-order valence-electron chi connectivity index (χ2n) is 7.00. The van der Waals surface area contributed by atoms with Crippen LogP contribution in [0.1, 0.15) is 24.8 Å². The monoisotopic (exact) mass is 366 g/mol. The molecule has 0 saturated carbocycles. The fraction of sp³-hybridized carbons (Fsp3) is 0.421. The first-order valence-electron chi connectivity index (χ1n) is 9.04. The van der Waals surface area contributed by atoms with E-state index in [4.69, 9.17) is 9.51 Å². The Bertz CT molecular complexity index is 923. The van der Waals surface area contributed by atoms with E-state index >= 15 is 0 Å². The number of piperidine rings is 1. The molecule has 4 heterocycles. The van der Waals surface area contributed by atoms with Gasteiger partial charge in [0.15, 0.2) is 0 Å². The topological polar surface area (TPSA) is 101 Å². The Kier molecular flexibility index (Phi) is 4.57. The Balaban J connectivity index is 1.82. The van der Waals surface area contributed by atoms with Crippen molar-refractivity contribution in [2.24, 2.45) is 5.92 Å². The summed E-state index contributed by atoms with van der Waals surface area (Å²) in [4.78, 5) is 20.1. The van der Waals surface area contributed by atoms with Crippen LogP contribution in [0.15, 0.2) is 29.3 Å². The van der Waals surface area contributed by atoms with Gasteiger partial charge in [-0.05, 0) is 26.2 Å². The molecular formula is C19H22N6O2. The van der Waals surface area contributed by atoms with Crippen LogP contribution in [-0.2, 0) is 0 Å². The number of nitrogens with zero attached hydrogens (tertiary/aromatic N) is 6. The van der Waals surface area contributed by atoms with E-state index < -0.39 is 0 Å². The van der Waals surface area contributed by atoms with Crippen molar-refractivity contribution in [3.63, 3.8) is 0 Å². The van der Waals surface area contributed by atoms with Crippen LogP contribution < -0.4 is 4.90 Å². The van der Waals surface area contributed by atoms with Crippen molar-refractivity contribution in [3.05, 3.63) is 36.2 Å². The van der Waals surface area contributed by atoms with Crippen LogP contribution in [0.2, 0.25) is 0 Å². The zero-order valence-electron chi connectivity index (χ0n) is 15.6. The molecule has 0 bridgehead atoms. The maximum atomic E-state index is 10.0. The van der Waals surface area contributed by atoms with E-state index in [1.165, 1.54) is 0 Å². The van der Waals surface area contributed by atoms with Gasteiger partial charge in [-0.15, -0.1) is 0 Å². The number of hydrogen-bond donors (Lipinski definition) is 1. The number of aromatic nitrogens is 5. The number of hydrogen-bond acceptors (Lipinski definition) is 8. The van der Waals surface area contributed by atoms with Crippen molar-refractivity contribution in [2.45, 2.75) is 33.3 Å². The molecule has 1 saturated heterocycles. The third-order valence-corrected chi connectivity index (χ3v) is 5.03. The lowest BCUT2D eigenvalue weighted by Gasteiger charge is -2.34. The van der Waals surface area contributed by atoms with E-state index in [0.29, 0.717) is 30.4 Å². The standard InChI is InChI=1S/C19H22N6O2/c1-11-10-25(7-4-16(11)26)19-22-8-14(15-9-20-5-6-21-15)18(23-19)17-12(2)24-27-13(17)3/h5-6,8-9,11,16,26H,4,7,10H2,1-3H3/t11-,16-/m0/s1. The van der Waals surface area contributed by atoms with Crippen LogP contribution in [0.3, 0.4) is 0 Å². The predicted octanol–water partition coefficient (Wildman–Crippen LogP) is 2.41. The minimum Gasteiger partial charge on any atom is -0.393 e. The summed E-state index contributed by atoms with van der Waals surface area (Å²) in [7, 11) is 0. The van der Waals surface area contributed by atoms with Crippen molar-refractivity contribution in [1.82, 2.24) is 25.1 Å². The summed E-state index contributed by atoms with van der Waals surface area (Å²) in [5.41, 5.74) is 3.83. The first kappa shape index (κ1) is 17.5. The molecule has 2 atom stereocenters. The first-order valence-corrected chi connectivity index (χ1v) is 9.04. The van der Waals surface area contributed by atoms with Gasteiger partial charge in [-0.25, -0.2) is 9.97 Å². The van der Waals surface area contributed by atoms with E-state index in [1.807, 2.05) is 20.8 Å². The lowest BCUT2D eigenvalue weighted by atomic mass is 9.97. The second kappa shape index (κ2) is 7.03. The number of aliphatic hydroxyl groups is 1. The largest absolute Gasteiger partial charge is 0.393 e. The summed E-state index contributed by atoms with van der Waals surface area (Å²) in [5, 5.41) is 14.1. The summed E-state index contributed by atoms with van der Waals surface area (Å²) in [6.45, 7) is 7.24. The molecule has 3 aromatic rings. The molecule has 0 amide bonds. The summed E-state index contributed by atoms with van der Waals surface area (Å²) in [6, 6.07) is 0. The molecule has 0 aliphatic carbocycles. The van der Waals surface area contributed by atoms with E-state index in [2.05, 4.69) is 25.0 Å². The minimum atomic E-state index is -0.276. The smallest absolute Gasteiger partial charge is 0.225 e. The molecule has 0 spiro atoms. The van der Waals surface area contributed by atoms with E-state index in [0.717, 1.165) is 29.1 Å². The molecular weight excluding hydrogens is 344 g/mol. The highest BCUT2D eigenvalue weighted by molar-refractivity contribution is 5.80. The van der Waals surface area contributed by atoms with Crippen LogP contribution in [0, 0.1) is 19.8 Å². The highest BCUT2D eigenvalue weighted by Gasteiger charge is 2.27. The Hall–Kier alpha value is -2.87. The molecule has 1 aliphatic rings. The van der Waals surface area contributed by atoms with Gasteiger partial charge in [0.25, 0.3) is 0 Å². The summed E-state index contributed by atoms with van der Waals surface area (Å²) in [6.07, 6.45) is 7.19. The first-order chi connectivity index (χ1) is 13.0. The van der Waals surface area contributed by atoms with Crippen LogP contribution in [0.4, 0.5) is 5.95 Å². The van der Waals surface area contributed by atoms with Gasteiger partial charge in [-0.1, -0.05) is 12.1 Å². The molecule has 0 unspecified atom stereocenters. The number of aliphatic hydroxyl groups excluding tert-OH is 1. The maximum absolute atomic E-state index is 10.0. The number of aryl methyl sites for hydroxylation is 2. The molecule has 4 rings (SSSR count). The highest BCUT2D eigenvalue weighted by Crippen LogP contribution is 2.34. The van der Waals surface area contributed by atoms with Gasteiger partial charge in [0.1, 0.15) is 5.76 Å². The van der Waals surface area contributed by atoms with Gasteiger partial charge >= 0.3 is 0 Å². The van der Waals surface area contributed by atoms with E-state index in [9.17, 15) is 5.11 Å². The zero-order valence-corrected chi connectivity index (χ0v) is 15.6. The van der Waals surface area contributed by atoms with Crippen molar-refractivity contribution in [3.8, 4) is 22.5 Å². The molecule has 0 aromatic carbocycles. The van der Waals surface area contributed by atoms with Crippen LogP contribution in [0.5, 0.6) is 0 Å². The van der Waals surface area contributed by atoms with Crippen molar-refractivity contribution in [1.29, 1.82) is 0 Å². The Morgan fingerprint density at radius 1 is 1.19 bits per heavy atom. The molecule has 3 aromatic heterocycles. The minimum absolute atomic E-state index is 0.171. The quantitative estimate of drug-likeness (QED) is 0.754. The lowest BCUT2D eigenvalue weighted by Crippen LogP contribution is -2.42. The normalized spacial score (nSPS) is 20.1. The maximum Gasteiger partial charge on any atom is 0.225 e. The molecule has 1 N–H and O–H groups in total. The van der Waals surface area contributed by atoms with Crippen LogP contribution in [-0.4, -0.2) is 49.4 Å². The van der Waals surface area contributed by atoms with Gasteiger partial charge < -0.3 is 14.5 Å². The van der Waals surface area contributed by atoms with E-state index in [-0.39, 0.29) is 12.0 Å². The van der Waals surface area contributed by atoms with Gasteiger partial charge in [-0.3, -0.25) is 9.97 Å². The molecule has 8 heteroatoms. The predicted molar refractivity (Wildman–Crippen MR) is 100 cm³/mol. The molecule has 8 nitrogen and oxygen atoms in total. The molecule has 1 fully saturated rings. The SMILES string of the molecule is Cc1noc(C)c1-c1nc(N2CC[C@H](O)[C@@H](C)C2)ncc1-c1cnccn1. The fourth-order valence-electron chi connectivity index (χ4n) is 3.48. The van der Waals surface area contributed by atoms with Gasteiger partial charge in [0, 0.05) is 37.2 Å². The molecule has 1 aliphatic heterocycles.